The van der Waals surface area contributed by atoms with Gasteiger partial charge in [0.2, 0.25) is 5.15 Å². The van der Waals surface area contributed by atoms with E-state index in [1.807, 2.05) is 13.8 Å². The topological polar surface area (TPSA) is 91.0 Å². The fourth-order valence-corrected chi connectivity index (χ4v) is 1.81. The number of ether oxygens (including phenoxy) is 1. The Morgan fingerprint density at radius 3 is 2.80 bits per heavy atom. The number of nitrogens with zero attached hydrogens (tertiary/aromatic N) is 4. The second-order valence-corrected chi connectivity index (χ2v) is 4.29. The molecule has 7 nitrogen and oxygen atoms in total. The highest BCUT2D eigenvalue weighted by atomic mass is 35.5. The van der Waals surface area contributed by atoms with Crippen LogP contribution in [-0.2, 0) is 6.42 Å². The van der Waals surface area contributed by atoms with Crippen LogP contribution in [0.4, 0.5) is 5.69 Å². The van der Waals surface area contributed by atoms with E-state index < -0.39 is 10.6 Å². The zero-order valence-electron chi connectivity index (χ0n) is 10.8. The van der Waals surface area contributed by atoms with Gasteiger partial charge in [0.25, 0.3) is 0 Å². The van der Waals surface area contributed by atoms with Crippen LogP contribution in [0, 0.1) is 17.0 Å². The maximum atomic E-state index is 11.0. The van der Waals surface area contributed by atoms with Crippen LogP contribution in [-0.4, -0.2) is 19.9 Å². The van der Waals surface area contributed by atoms with E-state index in [1.54, 1.807) is 12.1 Å². The van der Waals surface area contributed by atoms with Gasteiger partial charge >= 0.3 is 11.6 Å². The fourth-order valence-electron chi connectivity index (χ4n) is 1.62. The highest BCUT2D eigenvalue weighted by molar-refractivity contribution is 6.31. The molecule has 0 amide bonds. The van der Waals surface area contributed by atoms with E-state index in [4.69, 9.17) is 16.3 Å². The molecule has 0 aliphatic carbocycles. The number of aromatic nitrogens is 3. The summed E-state index contributed by atoms with van der Waals surface area (Å²) in [4.78, 5) is 22.0. The van der Waals surface area contributed by atoms with Crippen molar-refractivity contribution in [2.75, 3.05) is 0 Å². The Balaban J connectivity index is 2.45. The third-order valence-corrected chi connectivity index (χ3v) is 2.82. The van der Waals surface area contributed by atoms with Gasteiger partial charge in [0.05, 0.1) is 10.6 Å². The summed E-state index contributed by atoms with van der Waals surface area (Å²) in [5, 5.41) is 10.7. The molecule has 8 heteroatoms. The number of aryl methyl sites for hydroxylation is 2. The first-order valence-corrected chi connectivity index (χ1v) is 6.20. The molecule has 2 aromatic heterocycles. The van der Waals surface area contributed by atoms with Gasteiger partial charge in [-0.3, -0.25) is 15.1 Å². The number of pyridine rings is 1. The zero-order chi connectivity index (χ0) is 14.7. The summed E-state index contributed by atoms with van der Waals surface area (Å²) >= 11 is 5.70. The molecular weight excluding hydrogens is 284 g/mol. The molecular formula is C12H11ClN4O3. The van der Waals surface area contributed by atoms with Crippen LogP contribution in [0.5, 0.6) is 11.6 Å². The number of halogens is 1. The summed E-state index contributed by atoms with van der Waals surface area (Å²) < 4.78 is 5.49. The van der Waals surface area contributed by atoms with Gasteiger partial charge < -0.3 is 4.74 Å². The summed E-state index contributed by atoms with van der Waals surface area (Å²) in [6.07, 6.45) is 1.74. The molecule has 104 valence electrons. The largest absolute Gasteiger partial charge is 0.432 e. The summed E-state index contributed by atoms with van der Waals surface area (Å²) in [6.45, 7) is 3.77. The molecule has 0 fully saturated rings. The number of rotatable bonds is 4. The lowest BCUT2D eigenvalue weighted by Crippen LogP contribution is -2.01. The van der Waals surface area contributed by atoms with E-state index >= 15 is 0 Å². The molecule has 0 radical (unpaired) electrons. The smallest absolute Gasteiger partial charge is 0.368 e. The van der Waals surface area contributed by atoms with Gasteiger partial charge in [0.1, 0.15) is 6.33 Å². The lowest BCUT2D eigenvalue weighted by molar-refractivity contribution is -0.386. The Kier molecular flexibility index (Phi) is 4.09. The molecule has 2 aromatic rings. The minimum Gasteiger partial charge on any atom is -0.432 e. The van der Waals surface area contributed by atoms with Gasteiger partial charge in [-0.2, -0.15) is 4.98 Å². The van der Waals surface area contributed by atoms with Crippen molar-refractivity contribution in [2.45, 2.75) is 20.3 Å². The van der Waals surface area contributed by atoms with Crippen molar-refractivity contribution in [3.05, 3.63) is 45.1 Å². The van der Waals surface area contributed by atoms with E-state index in [2.05, 4.69) is 15.0 Å². The Morgan fingerprint density at radius 1 is 1.40 bits per heavy atom. The van der Waals surface area contributed by atoms with Crippen LogP contribution in [0.1, 0.15) is 18.3 Å². The molecule has 0 unspecified atom stereocenters. The van der Waals surface area contributed by atoms with Crippen molar-refractivity contribution in [2.24, 2.45) is 0 Å². The van der Waals surface area contributed by atoms with Crippen LogP contribution in [0.3, 0.4) is 0 Å². The minimum absolute atomic E-state index is 0.199. The van der Waals surface area contributed by atoms with Crippen LogP contribution < -0.4 is 4.74 Å². The molecule has 0 aliphatic rings. The highest BCUT2D eigenvalue weighted by Gasteiger charge is 2.24. The fraction of sp³-hybridized carbons (Fsp3) is 0.250. The summed E-state index contributed by atoms with van der Waals surface area (Å²) in [5.74, 6) is 0.214. The third-order valence-electron chi connectivity index (χ3n) is 2.54. The molecule has 0 aromatic carbocycles. The number of nitro groups is 1. The van der Waals surface area contributed by atoms with E-state index in [1.165, 1.54) is 0 Å². The van der Waals surface area contributed by atoms with E-state index in [-0.39, 0.29) is 11.0 Å². The average Bonchev–Trinajstić information content (AvgIpc) is 2.40. The van der Waals surface area contributed by atoms with Gasteiger partial charge in [-0.1, -0.05) is 18.5 Å². The lowest BCUT2D eigenvalue weighted by atomic mass is 10.2. The monoisotopic (exact) mass is 294 g/mol. The normalized spacial score (nSPS) is 10.3. The molecule has 0 bridgehead atoms. The van der Waals surface area contributed by atoms with E-state index in [0.29, 0.717) is 17.9 Å². The summed E-state index contributed by atoms with van der Waals surface area (Å²) in [5.41, 5.74) is 1.07. The summed E-state index contributed by atoms with van der Waals surface area (Å²) in [7, 11) is 0. The van der Waals surface area contributed by atoms with Crippen molar-refractivity contribution < 1.29 is 9.66 Å². The third kappa shape index (κ3) is 2.83. The molecule has 0 atom stereocenters. The van der Waals surface area contributed by atoms with Crippen LogP contribution >= 0.6 is 11.6 Å². The molecule has 0 aliphatic heterocycles. The maximum Gasteiger partial charge on any atom is 0.368 e. The molecule has 2 heterocycles. The Labute approximate surface area is 119 Å². The second kappa shape index (κ2) is 5.79. The quantitative estimate of drug-likeness (QED) is 0.489. The van der Waals surface area contributed by atoms with Crippen LogP contribution in [0.25, 0.3) is 0 Å². The Morgan fingerprint density at radius 2 is 2.15 bits per heavy atom. The van der Waals surface area contributed by atoms with Crippen molar-refractivity contribution in [1.29, 1.82) is 0 Å². The Bertz CT molecular complexity index is 663. The second-order valence-electron chi connectivity index (χ2n) is 3.93. The zero-order valence-corrected chi connectivity index (χ0v) is 11.6. The van der Waals surface area contributed by atoms with E-state index in [0.717, 1.165) is 12.0 Å². The maximum absolute atomic E-state index is 11.0. The first-order valence-electron chi connectivity index (χ1n) is 5.82. The highest BCUT2D eigenvalue weighted by Crippen LogP contribution is 2.34. The van der Waals surface area contributed by atoms with Gasteiger partial charge in [0.15, 0.2) is 5.75 Å². The average molecular weight is 295 g/mol. The van der Waals surface area contributed by atoms with Gasteiger partial charge in [-0.15, -0.1) is 0 Å². The SMILES string of the molecule is CCc1nc(C)ccc1Oc1ncnc(Cl)c1[N+](=O)[O-]. The van der Waals surface area contributed by atoms with Crippen molar-refractivity contribution in [1.82, 2.24) is 15.0 Å². The van der Waals surface area contributed by atoms with Crippen LogP contribution in [0.15, 0.2) is 18.5 Å². The first kappa shape index (κ1) is 14.1. The van der Waals surface area contributed by atoms with E-state index in [9.17, 15) is 10.1 Å². The predicted octanol–water partition coefficient (Wildman–Crippen LogP) is 3.10. The van der Waals surface area contributed by atoms with Gasteiger partial charge in [-0.05, 0) is 25.5 Å². The standard InChI is InChI=1S/C12H11ClN4O3/c1-3-8-9(5-4-7(2)16-8)20-12-10(17(18)19)11(13)14-6-15-12/h4-6H,3H2,1-2H3. The molecule has 0 saturated heterocycles. The molecule has 0 N–H and O–H groups in total. The molecule has 2 rings (SSSR count). The molecule has 0 spiro atoms. The first-order chi connectivity index (χ1) is 9.52. The van der Waals surface area contributed by atoms with Crippen LogP contribution in [0.2, 0.25) is 5.15 Å². The molecule has 20 heavy (non-hydrogen) atoms. The summed E-state index contributed by atoms with van der Waals surface area (Å²) in [6, 6.07) is 3.45. The predicted molar refractivity (Wildman–Crippen MR) is 72.1 cm³/mol. The lowest BCUT2D eigenvalue weighted by Gasteiger charge is -2.09. The number of hydrogen-bond donors (Lipinski definition) is 0. The van der Waals surface area contributed by atoms with Crippen molar-refractivity contribution >= 4 is 17.3 Å². The minimum atomic E-state index is -0.676. The Hall–Kier alpha value is -2.28. The molecule has 0 saturated carbocycles. The van der Waals surface area contributed by atoms with Crippen molar-refractivity contribution in [3.8, 4) is 11.6 Å². The van der Waals surface area contributed by atoms with Gasteiger partial charge in [0, 0.05) is 5.69 Å². The van der Waals surface area contributed by atoms with Crippen molar-refractivity contribution in [3.63, 3.8) is 0 Å². The number of hydrogen-bond acceptors (Lipinski definition) is 6. The van der Waals surface area contributed by atoms with Gasteiger partial charge in [-0.25, -0.2) is 4.98 Å².